The fourth-order valence-electron chi connectivity index (χ4n) is 0.263. The van der Waals surface area contributed by atoms with E-state index in [2.05, 4.69) is 19.0 Å². The Kier molecular flexibility index (Phi) is 6.23. The second-order valence-corrected chi connectivity index (χ2v) is 1.95. The second kappa shape index (κ2) is 6.58. The molecule has 0 rings (SSSR count). The highest BCUT2D eigenvalue weighted by Gasteiger charge is 1.71. The van der Waals surface area contributed by atoms with Crippen LogP contribution in [-0.2, 0) is 4.43 Å². The first kappa shape index (κ1) is 7.58. The van der Waals surface area contributed by atoms with Gasteiger partial charge in [-0.15, -0.1) is 0 Å². The molecule has 0 aliphatic carbocycles. The lowest BCUT2D eigenvalue weighted by Crippen LogP contribution is -1.81. The van der Waals surface area contributed by atoms with Crippen molar-refractivity contribution < 1.29 is 4.43 Å². The Morgan fingerprint density at radius 2 is 2.38 bits per heavy atom. The maximum Gasteiger partial charge on any atom is 0.324 e. The van der Waals surface area contributed by atoms with Crippen molar-refractivity contribution >= 4 is 9.76 Å². The number of rotatable bonds is 2. The maximum absolute atomic E-state index is 4.80. The number of hydrogen-bond acceptors (Lipinski definition) is 1. The minimum absolute atomic E-state index is 0.495. The molecule has 1 nitrogen and oxygen atoms in total. The Hall–Kier alpha value is -0.423. The molecule has 0 aliphatic heterocycles. The molecule has 0 unspecified atom stereocenters. The molecule has 0 aliphatic rings. The van der Waals surface area contributed by atoms with E-state index in [-0.39, 0.29) is 0 Å². The molecule has 0 amide bonds. The van der Waals surface area contributed by atoms with E-state index in [9.17, 15) is 0 Å². The van der Waals surface area contributed by atoms with Crippen LogP contribution in [0.5, 0.6) is 0 Å². The van der Waals surface area contributed by atoms with Gasteiger partial charge in [0.15, 0.2) is 0 Å². The highest BCUT2D eigenvalue weighted by atomic mass is 28.2. The van der Waals surface area contributed by atoms with E-state index in [1.807, 2.05) is 6.55 Å². The Balaban J connectivity index is 2.95. The van der Waals surface area contributed by atoms with Gasteiger partial charge in [-0.05, 0) is 13.0 Å². The third kappa shape index (κ3) is 5.58. The van der Waals surface area contributed by atoms with E-state index in [0.29, 0.717) is 9.76 Å². The van der Waals surface area contributed by atoms with Crippen LogP contribution in [0, 0.1) is 12.0 Å². The molecular weight excluding hydrogens is 116 g/mol. The van der Waals surface area contributed by atoms with Crippen LogP contribution in [-0.4, -0.2) is 9.76 Å². The predicted molar refractivity (Wildman–Crippen MR) is 35.4 cm³/mol. The highest BCUT2D eigenvalue weighted by Crippen LogP contribution is 1.80. The quantitative estimate of drug-likeness (QED) is 0.402. The first-order valence-electron chi connectivity index (χ1n) is 2.72. The van der Waals surface area contributed by atoms with Crippen LogP contribution in [0.15, 0.2) is 0 Å². The molecule has 0 aromatic rings. The van der Waals surface area contributed by atoms with Crippen LogP contribution < -0.4 is 0 Å². The molecular formula is C6H10OSi. The number of unbranched alkanes of at least 4 members (excludes halogenated alkanes) is 1. The van der Waals surface area contributed by atoms with Gasteiger partial charge in [-0.1, -0.05) is 12.8 Å². The van der Waals surface area contributed by atoms with Gasteiger partial charge in [0.05, 0.1) is 6.11 Å². The van der Waals surface area contributed by atoms with Crippen molar-refractivity contribution in [3.63, 3.8) is 0 Å². The smallest absolute Gasteiger partial charge is 0.324 e. The van der Waals surface area contributed by atoms with Crippen LogP contribution in [0.2, 0.25) is 6.55 Å². The van der Waals surface area contributed by atoms with Gasteiger partial charge in [0.1, 0.15) is 0 Å². The van der Waals surface area contributed by atoms with Crippen molar-refractivity contribution in [1.29, 1.82) is 0 Å². The minimum atomic E-state index is 0.495. The van der Waals surface area contributed by atoms with Gasteiger partial charge < -0.3 is 4.43 Å². The van der Waals surface area contributed by atoms with Gasteiger partial charge in [0.2, 0.25) is 0 Å². The van der Waals surface area contributed by atoms with Gasteiger partial charge in [-0.2, -0.15) is 0 Å². The lowest BCUT2D eigenvalue weighted by atomic mass is 10.4. The average Bonchev–Trinajstić information content (AvgIpc) is 1.81. The predicted octanol–water partition coefficient (Wildman–Crippen LogP) is 1.43. The second-order valence-electron chi connectivity index (χ2n) is 1.34. The lowest BCUT2D eigenvalue weighted by Gasteiger charge is -1.81. The minimum Gasteiger partial charge on any atom is -0.500 e. The molecule has 0 heterocycles. The summed E-state index contributed by atoms with van der Waals surface area (Å²) in [5.74, 6) is 2.87. The molecule has 0 saturated heterocycles. The van der Waals surface area contributed by atoms with Crippen molar-refractivity contribution in [1.82, 2.24) is 0 Å². The average molecular weight is 126 g/mol. The van der Waals surface area contributed by atoms with Gasteiger partial charge >= 0.3 is 9.76 Å². The zero-order valence-corrected chi connectivity index (χ0v) is 6.32. The van der Waals surface area contributed by atoms with Crippen molar-refractivity contribution in [2.45, 2.75) is 26.3 Å². The van der Waals surface area contributed by atoms with E-state index in [1.54, 1.807) is 0 Å². The zero-order valence-electron chi connectivity index (χ0n) is 5.32. The molecule has 0 saturated carbocycles. The largest absolute Gasteiger partial charge is 0.500 e. The van der Waals surface area contributed by atoms with Crippen LogP contribution in [0.1, 0.15) is 19.8 Å². The van der Waals surface area contributed by atoms with E-state index < -0.39 is 0 Å². The molecule has 44 valence electrons. The number of hydrogen-bond donors (Lipinski definition) is 0. The lowest BCUT2D eigenvalue weighted by molar-refractivity contribution is 0.561. The molecule has 0 aromatic carbocycles. The Morgan fingerprint density at radius 3 is 2.88 bits per heavy atom. The van der Waals surface area contributed by atoms with Crippen LogP contribution >= 0.6 is 0 Å². The summed E-state index contributed by atoms with van der Waals surface area (Å²) >= 11 is 0. The van der Waals surface area contributed by atoms with Crippen LogP contribution in [0.3, 0.4) is 0 Å². The summed E-state index contributed by atoms with van der Waals surface area (Å²) in [6.45, 7) is 4.06. The van der Waals surface area contributed by atoms with E-state index in [0.717, 1.165) is 12.8 Å². The molecule has 8 heavy (non-hydrogen) atoms. The normalized spacial score (nSPS) is 7.25. The topological polar surface area (TPSA) is 9.23 Å². The van der Waals surface area contributed by atoms with Crippen LogP contribution in [0.4, 0.5) is 0 Å². The molecule has 2 heteroatoms. The van der Waals surface area contributed by atoms with Crippen LogP contribution in [0.25, 0.3) is 0 Å². The SMILES string of the molecule is CCCC#CO[Si]C. The van der Waals surface area contributed by atoms with Crippen molar-refractivity contribution in [3.05, 3.63) is 0 Å². The standard InChI is InChI=1S/C6H10OSi/c1-3-4-5-6-7-8-2/h3-4H2,1-2H3. The molecule has 0 bridgehead atoms. The molecule has 0 aromatic heterocycles. The summed E-state index contributed by atoms with van der Waals surface area (Å²) in [6.07, 6.45) is 4.66. The van der Waals surface area contributed by atoms with E-state index in [4.69, 9.17) is 4.43 Å². The van der Waals surface area contributed by atoms with Gasteiger partial charge in [0, 0.05) is 6.42 Å². The molecule has 2 radical (unpaired) electrons. The summed E-state index contributed by atoms with van der Waals surface area (Å²) in [4.78, 5) is 0. The monoisotopic (exact) mass is 126 g/mol. The maximum atomic E-state index is 4.80. The van der Waals surface area contributed by atoms with Gasteiger partial charge in [0.25, 0.3) is 0 Å². The fourth-order valence-corrected chi connectivity index (χ4v) is 0.437. The summed E-state index contributed by atoms with van der Waals surface area (Å²) < 4.78 is 4.80. The summed E-state index contributed by atoms with van der Waals surface area (Å²) in [5.41, 5.74) is 0. The fraction of sp³-hybridized carbons (Fsp3) is 0.667. The van der Waals surface area contributed by atoms with E-state index >= 15 is 0 Å². The summed E-state index contributed by atoms with van der Waals surface area (Å²) in [5, 5.41) is 0. The first-order valence-corrected chi connectivity index (χ1v) is 4.13. The molecule has 0 fully saturated rings. The molecule has 0 N–H and O–H groups in total. The third-order valence-corrected chi connectivity index (χ3v) is 0.906. The van der Waals surface area contributed by atoms with Crippen molar-refractivity contribution in [3.8, 4) is 12.0 Å². The van der Waals surface area contributed by atoms with Crippen molar-refractivity contribution in [2.75, 3.05) is 0 Å². The molecule has 0 spiro atoms. The zero-order chi connectivity index (χ0) is 6.24. The Bertz CT molecular complexity index is 80.4. The summed E-state index contributed by atoms with van der Waals surface area (Å²) in [6, 6.07) is 0. The van der Waals surface area contributed by atoms with Gasteiger partial charge in [-0.3, -0.25) is 0 Å². The highest BCUT2D eigenvalue weighted by molar-refractivity contribution is 6.25. The van der Waals surface area contributed by atoms with Crippen molar-refractivity contribution in [2.24, 2.45) is 0 Å². The third-order valence-electron chi connectivity index (χ3n) is 0.600. The molecule has 0 atom stereocenters. The Morgan fingerprint density at radius 1 is 1.62 bits per heavy atom. The van der Waals surface area contributed by atoms with E-state index in [1.165, 1.54) is 0 Å². The first-order chi connectivity index (χ1) is 3.91. The summed E-state index contributed by atoms with van der Waals surface area (Å²) in [7, 11) is 0.495. The van der Waals surface area contributed by atoms with Gasteiger partial charge in [-0.25, -0.2) is 0 Å². The Labute approximate surface area is 53.4 Å².